The highest BCUT2D eigenvalue weighted by molar-refractivity contribution is 9.10. The van der Waals surface area contributed by atoms with Crippen molar-refractivity contribution < 1.29 is 0 Å². The Morgan fingerprint density at radius 1 is 0.338 bits per heavy atom. The number of anilines is 6. The lowest BCUT2D eigenvalue weighted by Crippen LogP contribution is -2.26. The molecule has 0 atom stereocenters. The van der Waals surface area contributed by atoms with Crippen LogP contribution in [0, 0.1) is 0 Å². The summed E-state index contributed by atoms with van der Waals surface area (Å²) >= 11 is 7.56. The van der Waals surface area contributed by atoms with Crippen molar-refractivity contribution in [2.45, 2.75) is 199 Å². The van der Waals surface area contributed by atoms with Gasteiger partial charge in [-0.25, -0.2) is 0 Å². The minimum Gasteiger partial charge on any atom is -0.310 e. The van der Waals surface area contributed by atoms with Gasteiger partial charge in [0.2, 0.25) is 0 Å². The van der Waals surface area contributed by atoms with Crippen LogP contribution in [0.2, 0.25) is 0 Å². The van der Waals surface area contributed by atoms with Crippen LogP contribution in [-0.4, -0.2) is 0 Å². The van der Waals surface area contributed by atoms with Crippen molar-refractivity contribution in [2.75, 3.05) is 9.80 Å². The topological polar surface area (TPSA) is 6.48 Å². The lowest BCUT2D eigenvalue weighted by Gasteiger charge is -2.35. The molecule has 0 heterocycles. The number of hydrogen-bond donors (Lipinski definition) is 0. The summed E-state index contributed by atoms with van der Waals surface area (Å²) in [4.78, 5) is 5.10. The third-order valence-electron chi connectivity index (χ3n) is 17.1. The van der Waals surface area contributed by atoms with Crippen molar-refractivity contribution in [3.8, 4) is 11.1 Å². The first-order chi connectivity index (χ1) is 33.9. The Bertz CT molecular complexity index is 2630. The number of unbranched alkanes of at least 4 members (excludes halogenated alkanes) is 10. The van der Waals surface area contributed by atoms with Crippen molar-refractivity contribution in [1.29, 1.82) is 0 Å². The average Bonchev–Trinajstić information content (AvgIpc) is 3.79. The molecule has 0 bridgehead atoms. The quantitative estimate of drug-likeness (QED) is 0.0703. The average molecular weight is 1080 g/mol. The second-order valence-electron chi connectivity index (χ2n) is 24.5. The Kier molecular flexibility index (Phi) is 15.1. The van der Waals surface area contributed by atoms with Gasteiger partial charge in [-0.1, -0.05) is 202 Å². The number of hydrogen-bond acceptors (Lipinski definition) is 2. The highest BCUT2D eigenvalue weighted by atomic mass is 79.9. The van der Waals surface area contributed by atoms with E-state index in [-0.39, 0.29) is 27.1 Å². The van der Waals surface area contributed by atoms with Gasteiger partial charge in [-0.3, -0.25) is 0 Å². The van der Waals surface area contributed by atoms with Crippen molar-refractivity contribution in [1.82, 2.24) is 0 Å². The predicted molar refractivity (Wildman–Crippen MR) is 315 cm³/mol. The van der Waals surface area contributed by atoms with E-state index in [1.54, 1.807) is 0 Å². The smallest absolute Gasteiger partial charge is 0.0465 e. The standard InChI is InChI=1S/C67H82Br2N2/c1-11-13-15-17-19-21-39-67(40-22-20-18-16-14-12-2)59-41-51(70(49-27-23-47(68)24-28-49)53-33-37-57-61(43-53)65(7,8)45-63(57,3)4)31-35-55(59)56-36-32-52(42-60(56)67)71(50-29-25-48(69)26-30-50)54-34-38-58-62(44-54)66(9,10)46-64(58,5)6/h23-38,41-44H,11-22,39-40,45-46H2,1-10H3. The van der Waals surface area contributed by atoms with Gasteiger partial charge in [0.25, 0.3) is 0 Å². The van der Waals surface area contributed by atoms with Crippen molar-refractivity contribution >= 4 is 66.0 Å². The molecule has 0 spiro atoms. The summed E-state index contributed by atoms with van der Waals surface area (Å²) in [5.41, 5.74) is 19.5. The Labute approximate surface area is 446 Å². The number of nitrogens with zero attached hydrogens (tertiary/aromatic N) is 2. The SMILES string of the molecule is CCCCCCCCC1(CCCCCCCC)c2cc(N(c3ccc(Br)cc3)c3ccc4c(c3)C(C)(C)CC4(C)C)ccc2-c2ccc(N(c3ccc(Br)cc3)c3ccc4c(c3)C(C)(C)CC4(C)C)cc21. The fourth-order valence-electron chi connectivity index (χ4n) is 14.1. The largest absolute Gasteiger partial charge is 0.310 e. The molecule has 0 saturated carbocycles. The molecule has 0 radical (unpaired) electrons. The summed E-state index contributed by atoms with van der Waals surface area (Å²) in [5, 5.41) is 0. The maximum absolute atomic E-state index is 3.78. The minimum absolute atomic E-state index is 0.0949. The highest BCUT2D eigenvalue weighted by Gasteiger charge is 2.46. The van der Waals surface area contributed by atoms with Crippen LogP contribution >= 0.6 is 31.9 Å². The molecule has 0 saturated heterocycles. The van der Waals surface area contributed by atoms with Crippen LogP contribution in [0.4, 0.5) is 34.1 Å². The minimum atomic E-state index is -0.128. The van der Waals surface area contributed by atoms with Gasteiger partial charge in [0, 0.05) is 48.5 Å². The van der Waals surface area contributed by atoms with E-state index in [4.69, 9.17) is 0 Å². The molecular formula is C67H82Br2N2. The molecule has 4 heteroatoms. The van der Waals surface area contributed by atoms with E-state index in [1.807, 2.05) is 0 Å². The van der Waals surface area contributed by atoms with E-state index in [0.717, 1.165) is 34.6 Å². The molecule has 9 rings (SSSR count). The number of benzene rings is 6. The van der Waals surface area contributed by atoms with Gasteiger partial charge in [0.05, 0.1) is 0 Å². The zero-order chi connectivity index (χ0) is 50.3. The first-order valence-electron chi connectivity index (χ1n) is 27.6. The van der Waals surface area contributed by atoms with E-state index in [1.165, 1.54) is 156 Å². The third kappa shape index (κ3) is 10.3. The van der Waals surface area contributed by atoms with Gasteiger partial charge in [0.1, 0.15) is 0 Å². The van der Waals surface area contributed by atoms with E-state index in [0.29, 0.717) is 0 Å². The summed E-state index contributed by atoms with van der Waals surface area (Å²) in [5.74, 6) is 0. The van der Waals surface area contributed by atoms with Crippen molar-refractivity contribution in [2.24, 2.45) is 0 Å². The van der Waals surface area contributed by atoms with E-state index in [9.17, 15) is 0 Å². The normalized spacial score (nSPS) is 17.1. The molecule has 6 aromatic carbocycles. The predicted octanol–water partition coefficient (Wildman–Crippen LogP) is 21.8. The van der Waals surface area contributed by atoms with E-state index in [2.05, 4.69) is 232 Å². The summed E-state index contributed by atoms with van der Waals surface area (Å²) < 4.78 is 2.19. The zero-order valence-corrected chi connectivity index (χ0v) is 48.2. The Hall–Kier alpha value is -4.12. The molecule has 0 unspecified atom stereocenters. The number of halogens is 2. The monoisotopic (exact) mass is 1070 g/mol. The molecule has 0 fully saturated rings. The lowest BCUT2D eigenvalue weighted by atomic mass is 9.70. The van der Waals surface area contributed by atoms with Crippen LogP contribution < -0.4 is 9.80 Å². The molecule has 3 aliphatic rings. The Morgan fingerprint density at radius 2 is 0.634 bits per heavy atom. The van der Waals surface area contributed by atoms with Crippen molar-refractivity contribution in [3.05, 3.63) is 164 Å². The van der Waals surface area contributed by atoms with Crippen LogP contribution in [0.5, 0.6) is 0 Å². The molecule has 0 aromatic heterocycles. The Morgan fingerprint density at radius 3 is 1.00 bits per heavy atom. The molecule has 2 nitrogen and oxygen atoms in total. The molecule has 0 N–H and O–H groups in total. The summed E-state index contributed by atoms with van der Waals surface area (Å²) in [6, 6.07) is 47.8. The molecule has 0 aliphatic heterocycles. The first-order valence-corrected chi connectivity index (χ1v) is 29.2. The van der Waals surface area contributed by atoms with Crippen LogP contribution in [0.3, 0.4) is 0 Å². The molecular weight excluding hydrogens is 993 g/mol. The molecule has 6 aromatic rings. The Balaban J connectivity index is 1.22. The summed E-state index contributed by atoms with van der Waals surface area (Å²) in [7, 11) is 0. The number of fused-ring (bicyclic) bond motifs is 5. The van der Waals surface area contributed by atoms with Gasteiger partial charge in [-0.2, -0.15) is 0 Å². The fourth-order valence-corrected chi connectivity index (χ4v) is 14.7. The molecule has 3 aliphatic carbocycles. The van der Waals surface area contributed by atoms with Crippen molar-refractivity contribution in [3.63, 3.8) is 0 Å². The highest BCUT2D eigenvalue weighted by Crippen LogP contribution is 2.58. The maximum Gasteiger partial charge on any atom is 0.0465 e. The first kappa shape index (κ1) is 51.8. The van der Waals surface area contributed by atoms with Crippen LogP contribution in [0.25, 0.3) is 11.1 Å². The lowest BCUT2D eigenvalue weighted by molar-refractivity contribution is 0.398. The number of rotatable bonds is 20. The molecule has 374 valence electrons. The molecule has 71 heavy (non-hydrogen) atoms. The van der Waals surface area contributed by atoms with E-state index >= 15 is 0 Å². The zero-order valence-electron chi connectivity index (χ0n) is 45.0. The van der Waals surface area contributed by atoms with Crippen LogP contribution in [0.1, 0.15) is 205 Å². The van der Waals surface area contributed by atoms with Gasteiger partial charge in [0.15, 0.2) is 0 Å². The van der Waals surface area contributed by atoms with Crippen LogP contribution in [-0.2, 0) is 27.1 Å². The van der Waals surface area contributed by atoms with Crippen LogP contribution in [0.15, 0.2) is 130 Å². The summed E-state index contributed by atoms with van der Waals surface area (Å²) in [6.45, 7) is 24.1. The third-order valence-corrected chi connectivity index (χ3v) is 18.2. The second kappa shape index (κ2) is 20.7. The van der Waals surface area contributed by atoms with E-state index < -0.39 is 0 Å². The van der Waals surface area contributed by atoms with Gasteiger partial charge in [-0.05, 0) is 189 Å². The summed E-state index contributed by atoms with van der Waals surface area (Å²) in [6.07, 6.45) is 20.1. The molecule has 0 amide bonds. The fraction of sp³-hybridized carbons (Fsp3) is 0.463. The van der Waals surface area contributed by atoms with Gasteiger partial charge < -0.3 is 9.80 Å². The maximum atomic E-state index is 3.78. The van der Waals surface area contributed by atoms with Gasteiger partial charge in [-0.15, -0.1) is 0 Å². The van der Waals surface area contributed by atoms with Gasteiger partial charge >= 0.3 is 0 Å². The second-order valence-corrected chi connectivity index (χ2v) is 26.4.